The van der Waals surface area contributed by atoms with E-state index in [9.17, 15) is 18.0 Å². The van der Waals surface area contributed by atoms with Gasteiger partial charge in [-0.15, -0.1) is 0 Å². The number of carbonyl (C=O) groups is 2. The lowest BCUT2D eigenvalue weighted by Crippen LogP contribution is -2.37. The lowest BCUT2D eigenvalue weighted by atomic mass is 10.1. The van der Waals surface area contributed by atoms with Crippen molar-refractivity contribution in [1.82, 2.24) is 0 Å². The van der Waals surface area contributed by atoms with Crippen LogP contribution in [-0.2, 0) is 10.0 Å². The molecule has 0 atom stereocenters. The fraction of sp³-hybridized carbons (Fsp3) is 0.0833. The topological polar surface area (TPSA) is 84.7 Å². The second kappa shape index (κ2) is 8.37. The van der Waals surface area contributed by atoms with Crippen molar-refractivity contribution in [2.24, 2.45) is 0 Å². The predicted molar refractivity (Wildman–Crippen MR) is 126 cm³/mol. The molecule has 0 N–H and O–H groups in total. The number of ketones is 1. The first-order chi connectivity index (χ1) is 15.2. The molecule has 0 aliphatic heterocycles. The van der Waals surface area contributed by atoms with E-state index in [1.165, 1.54) is 31.2 Å². The van der Waals surface area contributed by atoms with Gasteiger partial charge in [-0.3, -0.25) is 9.59 Å². The summed E-state index contributed by atoms with van der Waals surface area (Å²) in [6.45, 7) is 3.08. The number of rotatable bonds is 5. The molecule has 8 heteroatoms. The Labute approximate surface area is 193 Å². The van der Waals surface area contributed by atoms with E-state index in [2.05, 4.69) is 15.9 Å². The fourth-order valence-electron chi connectivity index (χ4n) is 3.55. The standard InChI is InChI=1S/C24H18BrNO5S/c1-15(27)23-16(2)31-22-13-10-19(14-21(22)23)26(24(28)17-6-4-3-5-7-17)32(29,30)20-11-8-18(25)9-12-20/h3-14H,1-2H3. The van der Waals surface area contributed by atoms with Crippen molar-refractivity contribution in [3.05, 3.63) is 94.2 Å². The van der Waals surface area contributed by atoms with Crippen molar-refractivity contribution in [3.63, 3.8) is 0 Å². The van der Waals surface area contributed by atoms with Crippen LogP contribution in [0.5, 0.6) is 0 Å². The molecular weight excluding hydrogens is 494 g/mol. The molecule has 4 aromatic rings. The number of sulfonamides is 1. The molecule has 0 aliphatic rings. The van der Waals surface area contributed by atoms with Gasteiger partial charge in [0.05, 0.1) is 16.1 Å². The summed E-state index contributed by atoms with van der Waals surface area (Å²) in [5, 5.41) is 0.448. The Balaban J connectivity index is 1.96. The van der Waals surface area contributed by atoms with Gasteiger partial charge in [0.25, 0.3) is 15.9 Å². The summed E-state index contributed by atoms with van der Waals surface area (Å²) in [5.74, 6) is -0.492. The SMILES string of the molecule is CC(=O)c1c(C)oc2ccc(N(C(=O)c3ccccc3)S(=O)(=O)c3ccc(Br)cc3)cc12. The van der Waals surface area contributed by atoms with Crippen molar-refractivity contribution in [2.75, 3.05) is 4.31 Å². The Kier molecular flexibility index (Phi) is 5.75. The third-order valence-electron chi connectivity index (χ3n) is 4.99. The maximum Gasteiger partial charge on any atom is 0.272 e. The third-order valence-corrected chi connectivity index (χ3v) is 7.25. The van der Waals surface area contributed by atoms with Gasteiger partial charge in [0.2, 0.25) is 0 Å². The number of furan rings is 1. The van der Waals surface area contributed by atoms with Gasteiger partial charge < -0.3 is 4.42 Å². The van der Waals surface area contributed by atoms with Crippen LogP contribution in [0.3, 0.4) is 0 Å². The zero-order valence-electron chi connectivity index (χ0n) is 17.2. The molecule has 162 valence electrons. The fourth-order valence-corrected chi connectivity index (χ4v) is 5.22. The average Bonchev–Trinajstić information content (AvgIpc) is 3.10. The van der Waals surface area contributed by atoms with E-state index in [0.717, 1.165) is 4.31 Å². The van der Waals surface area contributed by atoms with Crippen LogP contribution >= 0.6 is 15.9 Å². The van der Waals surface area contributed by atoms with Crippen molar-refractivity contribution >= 4 is 54.3 Å². The van der Waals surface area contributed by atoms with Crippen LogP contribution in [0.15, 0.2) is 86.6 Å². The summed E-state index contributed by atoms with van der Waals surface area (Å²) in [6.07, 6.45) is 0. The number of benzene rings is 3. The molecule has 1 aromatic heterocycles. The van der Waals surface area contributed by atoms with Crippen molar-refractivity contribution in [1.29, 1.82) is 0 Å². The summed E-state index contributed by atoms with van der Waals surface area (Å²) in [5.41, 5.74) is 1.11. The molecule has 0 aliphatic carbocycles. The minimum atomic E-state index is -4.27. The number of aryl methyl sites for hydroxylation is 1. The molecule has 32 heavy (non-hydrogen) atoms. The highest BCUT2D eigenvalue weighted by Gasteiger charge is 2.32. The Bertz CT molecular complexity index is 1440. The second-order valence-corrected chi connectivity index (χ2v) is 9.87. The smallest absolute Gasteiger partial charge is 0.272 e. The number of nitrogens with zero attached hydrogens (tertiary/aromatic N) is 1. The number of hydrogen-bond acceptors (Lipinski definition) is 5. The number of hydrogen-bond donors (Lipinski definition) is 0. The highest BCUT2D eigenvalue weighted by Crippen LogP contribution is 2.33. The molecule has 6 nitrogen and oxygen atoms in total. The van der Waals surface area contributed by atoms with Crippen molar-refractivity contribution in [2.45, 2.75) is 18.7 Å². The van der Waals surface area contributed by atoms with Gasteiger partial charge in [0, 0.05) is 15.4 Å². The first kappa shape index (κ1) is 22.0. The van der Waals surface area contributed by atoms with Crippen LogP contribution in [0.25, 0.3) is 11.0 Å². The molecule has 0 spiro atoms. The van der Waals surface area contributed by atoms with Gasteiger partial charge in [-0.1, -0.05) is 34.1 Å². The van der Waals surface area contributed by atoms with Crippen molar-refractivity contribution in [3.8, 4) is 0 Å². The van der Waals surface area contributed by atoms with Crippen LogP contribution in [0.2, 0.25) is 0 Å². The van der Waals surface area contributed by atoms with E-state index < -0.39 is 15.9 Å². The first-order valence-electron chi connectivity index (χ1n) is 9.64. The second-order valence-electron chi connectivity index (χ2n) is 7.16. The summed E-state index contributed by atoms with van der Waals surface area (Å²) in [7, 11) is -4.27. The molecule has 4 rings (SSSR count). The van der Waals surface area contributed by atoms with Crippen molar-refractivity contribution < 1.29 is 22.4 Å². The summed E-state index contributed by atoms with van der Waals surface area (Å²) in [4.78, 5) is 25.6. The zero-order chi connectivity index (χ0) is 23.0. The van der Waals surface area contributed by atoms with E-state index in [4.69, 9.17) is 4.42 Å². The summed E-state index contributed by atoms with van der Waals surface area (Å²) >= 11 is 3.29. The highest BCUT2D eigenvalue weighted by atomic mass is 79.9. The average molecular weight is 512 g/mol. The zero-order valence-corrected chi connectivity index (χ0v) is 19.6. The largest absolute Gasteiger partial charge is 0.461 e. The van der Waals surface area contributed by atoms with E-state index in [1.807, 2.05) is 0 Å². The lowest BCUT2D eigenvalue weighted by molar-refractivity contribution is 0.1000. The molecule has 0 radical (unpaired) electrons. The number of halogens is 1. The van der Waals surface area contributed by atoms with Gasteiger partial charge >= 0.3 is 0 Å². The summed E-state index contributed by atoms with van der Waals surface area (Å²) in [6, 6.07) is 18.7. The Morgan fingerprint density at radius 3 is 2.22 bits per heavy atom. The number of carbonyl (C=O) groups excluding carboxylic acids is 2. The monoisotopic (exact) mass is 511 g/mol. The minimum Gasteiger partial charge on any atom is -0.461 e. The molecule has 1 heterocycles. The molecule has 0 unspecified atom stereocenters. The maximum absolute atomic E-state index is 13.6. The molecule has 0 bridgehead atoms. The molecular formula is C24H18BrNO5S. The molecule has 0 saturated heterocycles. The summed E-state index contributed by atoms with van der Waals surface area (Å²) < 4.78 is 34.3. The van der Waals surface area contributed by atoms with Gasteiger partial charge in [-0.2, -0.15) is 4.31 Å². The molecule has 0 saturated carbocycles. The Morgan fingerprint density at radius 2 is 1.59 bits per heavy atom. The number of Topliss-reactive ketones (excluding diaryl/α,β-unsaturated/α-hetero) is 1. The van der Waals surface area contributed by atoms with E-state index in [-0.39, 0.29) is 21.9 Å². The lowest BCUT2D eigenvalue weighted by Gasteiger charge is -2.23. The molecule has 1 amide bonds. The number of anilines is 1. The van der Waals surface area contributed by atoms with Gasteiger partial charge in [-0.05, 0) is 68.4 Å². The van der Waals surface area contributed by atoms with Crippen LogP contribution < -0.4 is 4.31 Å². The molecule has 0 fully saturated rings. The molecule has 3 aromatic carbocycles. The van der Waals surface area contributed by atoms with E-state index in [0.29, 0.717) is 26.8 Å². The normalized spacial score (nSPS) is 11.5. The van der Waals surface area contributed by atoms with Gasteiger partial charge in [0.15, 0.2) is 5.78 Å². The van der Waals surface area contributed by atoms with Crippen LogP contribution in [-0.4, -0.2) is 20.1 Å². The van der Waals surface area contributed by atoms with Crippen LogP contribution in [0, 0.1) is 6.92 Å². The first-order valence-corrected chi connectivity index (χ1v) is 11.9. The van der Waals surface area contributed by atoms with Crippen LogP contribution in [0.1, 0.15) is 33.4 Å². The number of amides is 1. The highest BCUT2D eigenvalue weighted by molar-refractivity contribution is 9.10. The van der Waals surface area contributed by atoms with Gasteiger partial charge in [-0.25, -0.2) is 8.42 Å². The van der Waals surface area contributed by atoms with E-state index in [1.54, 1.807) is 55.5 Å². The quantitative estimate of drug-likeness (QED) is 0.319. The van der Waals surface area contributed by atoms with Crippen LogP contribution in [0.4, 0.5) is 5.69 Å². The predicted octanol–water partition coefficient (Wildman–Crippen LogP) is 5.74. The van der Waals surface area contributed by atoms with Gasteiger partial charge in [0.1, 0.15) is 11.3 Å². The van der Waals surface area contributed by atoms with E-state index >= 15 is 0 Å². The Hall–Kier alpha value is -3.23. The maximum atomic E-state index is 13.6. The minimum absolute atomic E-state index is 0.0414. The number of fused-ring (bicyclic) bond motifs is 1. The third kappa shape index (κ3) is 3.87. The Morgan fingerprint density at radius 1 is 0.938 bits per heavy atom.